The lowest BCUT2D eigenvalue weighted by molar-refractivity contribution is 0.435. The van der Waals surface area contributed by atoms with Gasteiger partial charge in [-0.1, -0.05) is 13.3 Å². The lowest BCUT2D eigenvalue weighted by Gasteiger charge is -2.37. The molecule has 1 fully saturated rings. The molecule has 1 atom stereocenters. The molecule has 1 aromatic carbocycles. The van der Waals surface area contributed by atoms with E-state index in [1.807, 2.05) is 12.1 Å². The van der Waals surface area contributed by atoms with Crippen LogP contribution in [0.2, 0.25) is 0 Å². The molecule has 0 bridgehead atoms. The number of nitrogen functional groups attached to an aromatic ring is 1. The number of hydrogen-bond acceptors (Lipinski definition) is 2. The Balaban J connectivity index is 2.15. The van der Waals surface area contributed by atoms with Gasteiger partial charge in [0.25, 0.3) is 0 Å². The second-order valence-corrected chi connectivity index (χ2v) is 5.09. The third kappa shape index (κ3) is 2.84. The van der Waals surface area contributed by atoms with Crippen molar-refractivity contribution in [1.29, 1.82) is 5.41 Å². The summed E-state index contributed by atoms with van der Waals surface area (Å²) in [5.41, 5.74) is 7.57. The molecule has 2 rings (SSSR count). The summed E-state index contributed by atoms with van der Waals surface area (Å²) < 4.78 is 0. The molecule has 0 aromatic heterocycles. The molecule has 3 nitrogen and oxygen atoms in total. The first-order valence-electron chi connectivity index (χ1n) is 6.93. The molecule has 0 amide bonds. The van der Waals surface area contributed by atoms with Gasteiger partial charge in [0.1, 0.15) is 5.84 Å². The van der Waals surface area contributed by atoms with Gasteiger partial charge in [-0.2, -0.15) is 0 Å². The molecule has 18 heavy (non-hydrogen) atoms. The minimum absolute atomic E-state index is 0.144. The molecule has 0 saturated carbocycles. The van der Waals surface area contributed by atoms with Crippen LogP contribution in [0.15, 0.2) is 24.3 Å². The fraction of sp³-hybridized carbons (Fsp3) is 0.533. The number of benzene rings is 1. The van der Waals surface area contributed by atoms with E-state index in [1.165, 1.54) is 37.8 Å². The first-order chi connectivity index (χ1) is 8.72. The smallest absolute Gasteiger partial charge is 0.122 e. The molecule has 0 radical (unpaired) electrons. The van der Waals surface area contributed by atoms with E-state index in [2.05, 4.69) is 24.0 Å². The summed E-state index contributed by atoms with van der Waals surface area (Å²) in [6.45, 7) is 3.41. The molecule has 1 aromatic rings. The summed E-state index contributed by atoms with van der Waals surface area (Å²) in [7, 11) is 0. The molecular weight excluding hydrogens is 222 g/mol. The average molecular weight is 245 g/mol. The SMILES string of the molecule is CCCC1CCCCN1c1ccc(C(=N)N)cc1. The Morgan fingerprint density at radius 2 is 2.06 bits per heavy atom. The second-order valence-electron chi connectivity index (χ2n) is 5.09. The van der Waals surface area contributed by atoms with Crippen molar-refractivity contribution in [3.05, 3.63) is 29.8 Å². The number of hydrogen-bond donors (Lipinski definition) is 2. The number of amidine groups is 1. The van der Waals surface area contributed by atoms with Gasteiger partial charge in [0.05, 0.1) is 0 Å². The molecule has 3 N–H and O–H groups in total. The van der Waals surface area contributed by atoms with E-state index < -0.39 is 0 Å². The summed E-state index contributed by atoms with van der Waals surface area (Å²) in [6, 6.07) is 8.80. The molecule has 98 valence electrons. The van der Waals surface area contributed by atoms with E-state index in [0.29, 0.717) is 6.04 Å². The lowest BCUT2D eigenvalue weighted by Crippen LogP contribution is -2.39. The maximum Gasteiger partial charge on any atom is 0.122 e. The Morgan fingerprint density at radius 3 is 2.67 bits per heavy atom. The van der Waals surface area contributed by atoms with Crippen molar-refractivity contribution in [2.24, 2.45) is 5.73 Å². The van der Waals surface area contributed by atoms with Gasteiger partial charge in [0.2, 0.25) is 0 Å². The van der Waals surface area contributed by atoms with Gasteiger partial charge in [0.15, 0.2) is 0 Å². The number of nitrogens with one attached hydrogen (secondary N) is 1. The normalized spacial score (nSPS) is 19.8. The molecule has 3 heteroatoms. The quantitative estimate of drug-likeness (QED) is 0.632. The highest BCUT2D eigenvalue weighted by Crippen LogP contribution is 2.27. The molecule has 1 aliphatic rings. The van der Waals surface area contributed by atoms with Gasteiger partial charge < -0.3 is 10.6 Å². The fourth-order valence-corrected chi connectivity index (χ4v) is 2.81. The molecular formula is C15H23N3. The summed E-state index contributed by atoms with van der Waals surface area (Å²) >= 11 is 0. The zero-order valence-corrected chi connectivity index (χ0v) is 11.2. The lowest BCUT2D eigenvalue weighted by atomic mass is 9.97. The van der Waals surface area contributed by atoms with Crippen molar-refractivity contribution in [2.75, 3.05) is 11.4 Å². The Morgan fingerprint density at radius 1 is 1.33 bits per heavy atom. The Kier molecular flexibility index (Phi) is 4.24. The van der Waals surface area contributed by atoms with E-state index in [-0.39, 0.29) is 5.84 Å². The van der Waals surface area contributed by atoms with Crippen LogP contribution in [0, 0.1) is 5.41 Å². The Bertz CT molecular complexity index is 395. The summed E-state index contributed by atoms with van der Waals surface area (Å²) in [5, 5.41) is 7.42. The number of rotatable bonds is 4. The highest BCUT2D eigenvalue weighted by Gasteiger charge is 2.21. The van der Waals surface area contributed by atoms with Crippen LogP contribution >= 0.6 is 0 Å². The van der Waals surface area contributed by atoms with E-state index in [1.54, 1.807) is 0 Å². The predicted octanol–water partition coefficient (Wildman–Crippen LogP) is 3.13. The highest BCUT2D eigenvalue weighted by molar-refractivity contribution is 5.95. The van der Waals surface area contributed by atoms with Crippen LogP contribution in [0.3, 0.4) is 0 Å². The van der Waals surface area contributed by atoms with Gasteiger partial charge in [-0.15, -0.1) is 0 Å². The largest absolute Gasteiger partial charge is 0.384 e. The third-order valence-corrected chi connectivity index (χ3v) is 3.76. The van der Waals surface area contributed by atoms with Crippen LogP contribution < -0.4 is 10.6 Å². The van der Waals surface area contributed by atoms with E-state index in [0.717, 1.165) is 12.1 Å². The number of piperidine rings is 1. The molecule has 1 heterocycles. The zero-order chi connectivity index (χ0) is 13.0. The molecule has 0 spiro atoms. The van der Waals surface area contributed by atoms with Crippen LogP contribution in [0.5, 0.6) is 0 Å². The van der Waals surface area contributed by atoms with E-state index >= 15 is 0 Å². The van der Waals surface area contributed by atoms with Gasteiger partial charge in [-0.05, 0) is 49.9 Å². The minimum Gasteiger partial charge on any atom is -0.384 e. The topological polar surface area (TPSA) is 53.1 Å². The van der Waals surface area contributed by atoms with Crippen molar-refractivity contribution < 1.29 is 0 Å². The summed E-state index contributed by atoms with van der Waals surface area (Å²) in [5.74, 6) is 0.144. The first-order valence-corrected chi connectivity index (χ1v) is 6.93. The van der Waals surface area contributed by atoms with E-state index in [9.17, 15) is 0 Å². The van der Waals surface area contributed by atoms with Crippen LogP contribution in [0.25, 0.3) is 0 Å². The van der Waals surface area contributed by atoms with Gasteiger partial charge in [-0.3, -0.25) is 5.41 Å². The number of nitrogens with zero attached hydrogens (tertiary/aromatic N) is 1. The van der Waals surface area contributed by atoms with Crippen molar-refractivity contribution in [3.63, 3.8) is 0 Å². The summed E-state index contributed by atoms with van der Waals surface area (Å²) in [6.07, 6.45) is 6.46. The van der Waals surface area contributed by atoms with Gasteiger partial charge >= 0.3 is 0 Å². The minimum atomic E-state index is 0.144. The molecule has 1 aliphatic heterocycles. The predicted molar refractivity (Wildman–Crippen MR) is 77.4 cm³/mol. The second kappa shape index (κ2) is 5.89. The van der Waals surface area contributed by atoms with Crippen molar-refractivity contribution in [1.82, 2.24) is 0 Å². The van der Waals surface area contributed by atoms with Crippen LogP contribution in [0.1, 0.15) is 44.6 Å². The maximum atomic E-state index is 7.42. The van der Waals surface area contributed by atoms with Gasteiger partial charge in [-0.25, -0.2) is 0 Å². The number of anilines is 1. The molecule has 1 saturated heterocycles. The monoisotopic (exact) mass is 245 g/mol. The fourth-order valence-electron chi connectivity index (χ4n) is 2.81. The molecule has 1 unspecified atom stereocenters. The third-order valence-electron chi connectivity index (χ3n) is 3.76. The average Bonchev–Trinajstić information content (AvgIpc) is 2.40. The van der Waals surface area contributed by atoms with Crippen molar-refractivity contribution in [3.8, 4) is 0 Å². The summed E-state index contributed by atoms with van der Waals surface area (Å²) in [4.78, 5) is 2.52. The first kappa shape index (κ1) is 12.9. The van der Waals surface area contributed by atoms with Crippen molar-refractivity contribution in [2.45, 2.75) is 45.1 Å². The van der Waals surface area contributed by atoms with E-state index in [4.69, 9.17) is 11.1 Å². The van der Waals surface area contributed by atoms with Crippen molar-refractivity contribution >= 4 is 11.5 Å². The Hall–Kier alpha value is -1.51. The maximum absolute atomic E-state index is 7.42. The van der Waals surface area contributed by atoms with Gasteiger partial charge in [0, 0.05) is 23.8 Å². The van der Waals surface area contributed by atoms with Crippen LogP contribution in [-0.4, -0.2) is 18.4 Å². The zero-order valence-electron chi connectivity index (χ0n) is 11.2. The van der Waals surface area contributed by atoms with Crippen LogP contribution in [-0.2, 0) is 0 Å². The highest BCUT2D eigenvalue weighted by atomic mass is 15.2. The number of nitrogens with two attached hydrogens (primary N) is 1. The Labute approximate surface area is 109 Å². The van der Waals surface area contributed by atoms with Crippen LogP contribution in [0.4, 0.5) is 5.69 Å². The molecule has 0 aliphatic carbocycles. The standard InChI is InChI=1S/C15H23N3/c1-2-5-13-6-3-4-11-18(13)14-9-7-12(8-10-14)15(16)17/h7-10,13H,2-6,11H2,1H3,(H3,16,17).